The Morgan fingerprint density at radius 3 is 2.91 bits per heavy atom. The average molecular weight is 300 g/mol. The van der Waals surface area contributed by atoms with E-state index in [1.165, 1.54) is 0 Å². The number of hydrogen-bond donors (Lipinski definition) is 2. The van der Waals surface area contributed by atoms with Crippen molar-refractivity contribution in [3.63, 3.8) is 0 Å². The molecule has 1 heterocycles. The Morgan fingerprint density at radius 1 is 1.41 bits per heavy atom. The number of carbonyl (C=O) groups is 1. The Hall–Kier alpha value is -2.30. The van der Waals surface area contributed by atoms with Crippen LogP contribution in [0, 0.1) is 5.41 Å². The van der Waals surface area contributed by atoms with E-state index in [1.54, 1.807) is 12.1 Å². The van der Waals surface area contributed by atoms with E-state index in [1.807, 2.05) is 19.1 Å². The number of hydrogen-bond acceptors (Lipinski definition) is 4. The highest BCUT2D eigenvalue weighted by atomic mass is 16.5. The number of fused-ring (bicyclic) bond motifs is 1. The van der Waals surface area contributed by atoms with Crippen molar-refractivity contribution in [1.29, 1.82) is 5.41 Å². The van der Waals surface area contributed by atoms with Gasteiger partial charge < -0.3 is 14.5 Å². The quantitative estimate of drug-likeness (QED) is 0.911. The standard InChI is InChI=1S/C17H20N2O3/c1-2-21-14-9-5-6-11-10-13(16(18)22-15(11)14)17(20)19-12-7-3-4-8-12/h5-6,9-10,12,18H,2-4,7-8H2,1H3,(H,19,20). The van der Waals surface area contributed by atoms with E-state index in [2.05, 4.69) is 5.32 Å². The second kappa shape index (κ2) is 6.22. The van der Waals surface area contributed by atoms with Gasteiger partial charge in [-0.1, -0.05) is 25.0 Å². The van der Waals surface area contributed by atoms with Gasteiger partial charge in [-0.2, -0.15) is 0 Å². The summed E-state index contributed by atoms with van der Waals surface area (Å²) >= 11 is 0. The van der Waals surface area contributed by atoms with Gasteiger partial charge in [-0.25, -0.2) is 0 Å². The van der Waals surface area contributed by atoms with E-state index < -0.39 is 0 Å². The largest absolute Gasteiger partial charge is 0.490 e. The van der Waals surface area contributed by atoms with Crippen LogP contribution >= 0.6 is 0 Å². The van der Waals surface area contributed by atoms with Gasteiger partial charge in [0.1, 0.15) is 5.56 Å². The van der Waals surface area contributed by atoms with Crippen LogP contribution in [0.4, 0.5) is 0 Å². The second-order valence-corrected chi connectivity index (χ2v) is 5.55. The van der Waals surface area contributed by atoms with Crippen molar-refractivity contribution in [3.05, 3.63) is 35.4 Å². The van der Waals surface area contributed by atoms with E-state index in [0.29, 0.717) is 17.9 Å². The zero-order valence-corrected chi connectivity index (χ0v) is 12.6. The molecule has 1 aliphatic carbocycles. The van der Waals surface area contributed by atoms with Gasteiger partial charge in [0.05, 0.1) is 6.61 Å². The first-order valence-electron chi connectivity index (χ1n) is 7.74. The molecule has 5 nitrogen and oxygen atoms in total. The zero-order valence-electron chi connectivity index (χ0n) is 12.6. The minimum Gasteiger partial charge on any atom is -0.490 e. The smallest absolute Gasteiger partial charge is 0.257 e. The van der Waals surface area contributed by atoms with Gasteiger partial charge in [-0.15, -0.1) is 0 Å². The summed E-state index contributed by atoms with van der Waals surface area (Å²) in [6.07, 6.45) is 4.33. The fourth-order valence-electron chi connectivity index (χ4n) is 2.90. The lowest BCUT2D eigenvalue weighted by Gasteiger charge is -2.12. The van der Waals surface area contributed by atoms with Crippen LogP contribution in [-0.2, 0) is 0 Å². The van der Waals surface area contributed by atoms with Gasteiger partial charge in [0, 0.05) is 11.4 Å². The molecule has 0 unspecified atom stereocenters. The average Bonchev–Trinajstić information content (AvgIpc) is 3.00. The summed E-state index contributed by atoms with van der Waals surface area (Å²) in [5.41, 5.74) is 0.648. The summed E-state index contributed by atoms with van der Waals surface area (Å²) < 4.78 is 11.0. The molecule has 0 aliphatic heterocycles. The summed E-state index contributed by atoms with van der Waals surface area (Å²) in [4.78, 5) is 12.4. The van der Waals surface area contributed by atoms with Crippen molar-refractivity contribution in [2.45, 2.75) is 38.6 Å². The van der Waals surface area contributed by atoms with Crippen LogP contribution in [0.1, 0.15) is 43.0 Å². The molecule has 1 saturated carbocycles. The number of ether oxygens (including phenoxy) is 1. The molecule has 0 spiro atoms. The molecule has 2 N–H and O–H groups in total. The first kappa shape index (κ1) is 14.6. The molecule has 1 aromatic heterocycles. The van der Waals surface area contributed by atoms with Crippen LogP contribution in [0.2, 0.25) is 0 Å². The second-order valence-electron chi connectivity index (χ2n) is 5.55. The highest BCUT2D eigenvalue weighted by Gasteiger charge is 2.20. The van der Waals surface area contributed by atoms with Gasteiger partial charge in [-0.05, 0) is 31.9 Å². The minimum absolute atomic E-state index is 0.129. The van der Waals surface area contributed by atoms with Gasteiger partial charge in [0.25, 0.3) is 5.91 Å². The van der Waals surface area contributed by atoms with Crippen LogP contribution in [0.15, 0.2) is 28.7 Å². The fourth-order valence-corrected chi connectivity index (χ4v) is 2.90. The first-order valence-corrected chi connectivity index (χ1v) is 7.74. The predicted octanol–water partition coefficient (Wildman–Crippen LogP) is 2.98. The first-order chi connectivity index (χ1) is 10.7. The number of benzene rings is 1. The molecule has 2 aromatic rings. The van der Waals surface area contributed by atoms with Gasteiger partial charge in [0.15, 0.2) is 11.3 Å². The Morgan fingerprint density at radius 2 is 2.18 bits per heavy atom. The molecule has 1 aromatic carbocycles. The Balaban J connectivity index is 1.95. The molecule has 0 atom stereocenters. The van der Waals surface area contributed by atoms with E-state index in [0.717, 1.165) is 31.1 Å². The molecule has 0 radical (unpaired) electrons. The van der Waals surface area contributed by atoms with Crippen molar-refractivity contribution in [3.8, 4) is 5.75 Å². The molecule has 116 valence electrons. The third kappa shape index (κ3) is 2.84. The van der Waals surface area contributed by atoms with E-state index >= 15 is 0 Å². The molecule has 0 bridgehead atoms. The lowest BCUT2D eigenvalue weighted by atomic mass is 10.1. The van der Waals surface area contributed by atoms with Crippen molar-refractivity contribution < 1.29 is 13.9 Å². The van der Waals surface area contributed by atoms with E-state index in [4.69, 9.17) is 14.6 Å². The SMILES string of the molecule is CCOc1cccc2cc(C(=O)NC3CCCC3)c(=N)oc12. The predicted molar refractivity (Wildman–Crippen MR) is 83.0 cm³/mol. The molecule has 22 heavy (non-hydrogen) atoms. The van der Waals surface area contributed by atoms with Crippen LogP contribution in [0.5, 0.6) is 5.75 Å². The highest BCUT2D eigenvalue weighted by molar-refractivity contribution is 5.97. The topological polar surface area (TPSA) is 75.3 Å². The molecule has 1 amide bonds. The summed E-state index contributed by atoms with van der Waals surface area (Å²) in [7, 11) is 0. The van der Waals surface area contributed by atoms with Gasteiger partial charge in [-0.3, -0.25) is 10.2 Å². The summed E-state index contributed by atoms with van der Waals surface area (Å²) in [5, 5.41) is 11.8. The maximum absolute atomic E-state index is 12.4. The van der Waals surface area contributed by atoms with Crippen LogP contribution in [0.3, 0.4) is 0 Å². The Kier molecular flexibility index (Phi) is 4.13. The Labute approximate surface area is 128 Å². The van der Waals surface area contributed by atoms with E-state index in [-0.39, 0.29) is 23.1 Å². The number of carbonyl (C=O) groups excluding carboxylic acids is 1. The van der Waals surface area contributed by atoms with Crippen molar-refractivity contribution >= 4 is 16.9 Å². The lowest BCUT2D eigenvalue weighted by Crippen LogP contribution is -2.35. The molecular weight excluding hydrogens is 280 g/mol. The molecular formula is C17H20N2O3. The van der Waals surface area contributed by atoms with Crippen molar-refractivity contribution in [2.75, 3.05) is 6.61 Å². The van der Waals surface area contributed by atoms with Crippen LogP contribution in [-0.4, -0.2) is 18.6 Å². The number of amides is 1. The molecule has 5 heteroatoms. The fraction of sp³-hybridized carbons (Fsp3) is 0.412. The highest BCUT2D eigenvalue weighted by Crippen LogP contribution is 2.25. The number of rotatable bonds is 4. The van der Waals surface area contributed by atoms with Gasteiger partial charge >= 0.3 is 0 Å². The summed E-state index contributed by atoms with van der Waals surface area (Å²) in [6.45, 7) is 2.41. The molecule has 1 aliphatic rings. The monoisotopic (exact) mass is 300 g/mol. The summed E-state index contributed by atoms with van der Waals surface area (Å²) in [5.74, 6) is 0.362. The number of nitrogens with one attached hydrogen (secondary N) is 2. The van der Waals surface area contributed by atoms with Crippen molar-refractivity contribution in [2.24, 2.45) is 0 Å². The molecule has 1 fully saturated rings. The van der Waals surface area contributed by atoms with E-state index in [9.17, 15) is 4.79 Å². The normalized spacial score (nSPS) is 15.1. The minimum atomic E-state index is -0.232. The maximum Gasteiger partial charge on any atom is 0.257 e. The lowest BCUT2D eigenvalue weighted by molar-refractivity contribution is 0.0933. The third-order valence-corrected chi connectivity index (χ3v) is 3.99. The van der Waals surface area contributed by atoms with Crippen molar-refractivity contribution in [1.82, 2.24) is 5.32 Å². The third-order valence-electron chi connectivity index (χ3n) is 3.99. The Bertz CT molecular complexity index is 745. The van der Waals surface area contributed by atoms with Crippen LogP contribution < -0.4 is 15.6 Å². The molecule has 0 saturated heterocycles. The van der Waals surface area contributed by atoms with Gasteiger partial charge in [0.2, 0.25) is 5.55 Å². The maximum atomic E-state index is 12.4. The zero-order chi connectivity index (χ0) is 15.5. The summed E-state index contributed by atoms with van der Waals surface area (Å²) in [6, 6.07) is 7.43. The van der Waals surface area contributed by atoms with Crippen LogP contribution in [0.25, 0.3) is 11.0 Å². The molecule has 3 rings (SSSR count). The number of para-hydroxylation sites is 1.